The van der Waals surface area contributed by atoms with Gasteiger partial charge in [-0.15, -0.1) is 0 Å². The second kappa shape index (κ2) is 5.70. The Morgan fingerprint density at radius 3 is 2.37 bits per heavy atom. The van der Waals surface area contributed by atoms with Gasteiger partial charge in [0.1, 0.15) is 5.03 Å². The molecule has 0 aliphatic rings. The number of hydrogen-bond acceptors (Lipinski definition) is 3. The summed E-state index contributed by atoms with van der Waals surface area (Å²) in [6.45, 7) is 6.48. The number of nitrogens with two attached hydrogens (primary N) is 1. The highest BCUT2D eigenvalue weighted by atomic mass is 32.2. The lowest BCUT2D eigenvalue weighted by atomic mass is 10.0. The van der Waals surface area contributed by atoms with E-state index >= 15 is 0 Å². The molecule has 1 aromatic carbocycles. The van der Waals surface area contributed by atoms with E-state index in [1.807, 2.05) is 11.7 Å². The third-order valence-corrected chi connectivity index (χ3v) is 4.39. The van der Waals surface area contributed by atoms with Gasteiger partial charge in [0, 0.05) is 11.9 Å². The normalized spacial score (nSPS) is 11.2. The average molecular weight is 275 g/mol. The maximum Gasteiger partial charge on any atom is 0.122 e. The summed E-state index contributed by atoms with van der Waals surface area (Å²) in [6.07, 6.45) is 0.868. The first-order valence-corrected chi connectivity index (χ1v) is 7.43. The largest absolute Gasteiger partial charge is 0.395 e. The van der Waals surface area contributed by atoms with Gasteiger partial charge in [-0.05, 0) is 30.0 Å². The van der Waals surface area contributed by atoms with E-state index in [1.165, 1.54) is 10.5 Å². The molecule has 4 heteroatoms. The molecule has 0 saturated heterocycles. The summed E-state index contributed by atoms with van der Waals surface area (Å²) < 4.78 is 1.87. The number of aryl methyl sites for hydroxylation is 2. The number of hydrogen-bond donors (Lipinski definition) is 1. The second-order valence-electron chi connectivity index (χ2n) is 4.97. The van der Waals surface area contributed by atoms with E-state index < -0.39 is 0 Å². The van der Waals surface area contributed by atoms with Gasteiger partial charge in [0.2, 0.25) is 0 Å². The number of nitrogen functional groups attached to an aromatic ring is 1. The lowest BCUT2D eigenvalue weighted by Crippen LogP contribution is -1.94. The van der Waals surface area contributed by atoms with E-state index in [9.17, 15) is 0 Å². The number of aromatic nitrogens is 2. The van der Waals surface area contributed by atoms with Gasteiger partial charge < -0.3 is 5.73 Å². The van der Waals surface area contributed by atoms with E-state index in [0.717, 1.165) is 22.8 Å². The highest BCUT2D eigenvalue weighted by molar-refractivity contribution is 7.99. The van der Waals surface area contributed by atoms with Crippen molar-refractivity contribution in [1.29, 1.82) is 0 Å². The van der Waals surface area contributed by atoms with Crippen molar-refractivity contribution in [2.24, 2.45) is 7.05 Å². The zero-order valence-electron chi connectivity index (χ0n) is 12.0. The van der Waals surface area contributed by atoms with Crippen LogP contribution in [0.25, 0.3) is 0 Å². The molecule has 0 aliphatic heterocycles. The number of anilines is 1. The fourth-order valence-electron chi connectivity index (χ4n) is 1.99. The Balaban J connectivity index is 2.24. The number of nitrogens with zero attached hydrogens (tertiary/aromatic N) is 2. The first-order valence-electron chi connectivity index (χ1n) is 6.62. The Kier molecular flexibility index (Phi) is 4.20. The van der Waals surface area contributed by atoms with Crippen molar-refractivity contribution in [3.05, 3.63) is 35.5 Å². The van der Waals surface area contributed by atoms with Crippen molar-refractivity contribution in [1.82, 2.24) is 9.78 Å². The minimum Gasteiger partial charge on any atom is -0.395 e. The van der Waals surface area contributed by atoms with Crippen molar-refractivity contribution >= 4 is 17.4 Å². The SMILES string of the molecule is CCc1nn(C)c(Sc2ccc(C(C)C)cc2)c1N. The molecular weight excluding hydrogens is 254 g/mol. The van der Waals surface area contributed by atoms with Gasteiger partial charge in [-0.3, -0.25) is 4.68 Å². The van der Waals surface area contributed by atoms with Crippen LogP contribution in [0, 0.1) is 0 Å². The molecule has 102 valence electrons. The van der Waals surface area contributed by atoms with Crippen LogP contribution in [-0.4, -0.2) is 9.78 Å². The predicted molar refractivity (Wildman–Crippen MR) is 81.7 cm³/mol. The number of rotatable bonds is 4. The molecule has 2 N–H and O–H groups in total. The number of benzene rings is 1. The lowest BCUT2D eigenvalue weighted by Gasteiger charge is -2.07. The van der Waals surface area contributed by atoms with Crippen molar-refractivity contribution < 1.29 is 0 Å². The predicted octanol–water partition coefficient (Wildman–Crippen LogP) is 3.84. The van der Waals surface area contributed by atoms with E-state index in [1.54, 1.807) is 11.8 Å². The van der Waals surface area contributed by atoms with Crippen molar-refractivity contribution in [2.45, 2.75) is 43.0 Å². The quantitative estimate of drug-likeness (QED) is 0.922. The Hall–Kier alpha value is -1.42. The second-order valence-corrected chi connectivity index (χ2v) is 6.03. The van der Waals surface area contributed by atoms with Gasteiger partial charge >= 0.3 is 0 Å². The Labute approximate surface area is 119 Å². The Morgan fingerprint density at radius 1 is 1.26 bits per heavy atom. The minimum atomic E-state index is 0.563. The van der Waals surface area contributed by atoms with Gasteiger partial charge in [-0.1, -0.05) is 44.7 Å². The van der Waals surface area contributed by atoms with Crippen LogP contribution in [0.1, 0.15) is 37.9 Å². The standard InChI is InChI=1S/C15H21N3S/c1-5-13-14(16)15(18(4)17-13)19-12-8-6-11(7-9-12)10(2)3/h6-10H,5,16H2,1-4H3. The zero-order chi connectivity index (χ0) is 14.0. The van der Waals surface area contributed by atoms with Crippen molar-refractivity contribution in [2.75, 3.05) is 5.73 Å². The maximum atomic E-state index is 6.14. The van der Waals surface area contributed by atoms with Crippen molar-refractivity contribution in [3.63, 3.8) is 0 Å². The van der Waals surface area contributed by atoms with Crippen LogP contribution in [0.2, 0.25) is 0 Å². The third kappa shape index (κ3) is 2.95. The van der Waals surface area contributed by atoms with Gasteiger partial charge in [0.15, 0.2) is 0 Å². The molecule has 0 spiro atoms. The molecule has 0 radical (unpaired) electrons. The summed E-state index contributed by atoms with van der Waals surface area (Å²) in [4.78, 5) is 1.20. The molecule has 1 heterocycles. The minimum absolute atomic E-state index is 0.563. The molecule has 2 rings (SSSR count). The van der Waals surface area contributed by atoms with Crippen LogP contribution >= 0.6 is 11.8 Å². The summed E-state index contributed by atoms with van der Waals surface area (Å²) in [5.41, 5.74) is 9.28. The summed E-state index contributed by atoms with van der Waals surface area (Å²) in [5.74, 6) is 0.563. The van der Waals surface area contributed by atoms with Crippen LogP contribution in [0.5, 0.6) is 0 Å². The van der Waals surface area contributed by atoms with Crippen LogP contribution in [0.4, 0.5) is 5.69 Å². The first kappa shape index (κ1) is 14.0. The van der Waals surface area contributed by atoms with Crippen LogP contribution < -0.4 is 5.73 Å². The molecule has 19 heavy (non-hydrogen) atoms. The van der Waals surface area contributed by atoms with E-state index in [0.29, 0.717) is 5.92 Å². The molecular formula is C15H21N3S. The zero-order valence-corrected chi connectivity index (χ0v) is 12.8. The van der Waals surface area contributed by atoms with Gasteiger partial charge in [0.05, 0.1) is 11.4 Å². The Morgan fingerprint density at radius 2 is 1.89 bits per heavy atom. The molecule has 3 nitrogen and oxygen atoms in total. The van der Waals surface area contributed by atoms with Gasteiger partial charge in [-0.25, -0.2) is 0 Å². The Bertz CT molecular complexity index is 556. The van der Waals surface area contributed by atoms with E-state index in [-0.39, 0.29) is 0 Å². The fraction of sp³-hybridized carbons (Fsp3) is 0.400. The van der Waals surface area contributed by atoms with Gasteiger partial charge in [0.25, 0.3) is 0 Å². The molecule has 0 saturated carbocycles. The third-order valence-electron chi connectivity index (χ3n) is 3.20. The summed E-state index contributed by atoms with van der Waals surface area (Å²) >= 11 is 1.67. The lowest BCUT2D eigenvalue weighted by molar-refractivity contribution is 0.687. The molecule has 2 aromatic rings. The molecule has 0 aliphatic carbocycles. The molecule has 0 bridgehead atoms. The van der Waals surface area contributed by atoms with Crippen LogP contribution in [0.15, 0.2) is 34.2 Å². The van der Waals surface area contributed by atoms with Gasteiger partial charge in [-0.2, -0.15) is 5.10 Å². The molecule has 0 unspecified atom stereocenters. The topological polar surface area (TPSA) is 43.8 Å². The fourth-order valence-corrected chi connectivity index (χ4v) is 2.89. The van der Waals surface area contributed by atoms with E-state index in [2.05, 4.69) is 50.1 Å². The molecule has 0 fully saturated rings. The van der Waals surface area contributed by atoms with Crippen LogP contribution in [0.3, 0.4) is 0 Å². The summed E-state index contributed by atoms with van der Waals surface area (Å²) in [5, 5.41) is 5.46. The molecule has 1 aromatic heterocycles. The summed E-state index contributed by atoms with van der Waals surface area (Å²) in [7, 11) is 1.94. The molecule has 0 atom stereocenters. The van der Waals surface area contributed by atoms with E-state index in [4.69, 9.17) is 5.73 Å². The monoisotopic (exact) mass is 275 g/mol. The molecule has 0 amide bonds. The first-order chi connectivity index (χ1) is 9.02. The average Bonchev–Trinajstić information content (AvgIpc) is 2.67. The smallest absolute Gasteiger partial charge is 0.122 e. The van der Waals surface area contributed by atoms with Crippen LogP contribution in [-0.2, 0) is 13.5 Å². The summed E-state index contributed by atoms with van der Waals surface area (Å²) in [6, 6.07) is 8.66. The highest BCUT2D eigenvalue weighted by Gasteiger charge is 2.13. The highest BCUT2D eigenvalue weighted by Crippen LogP contribution is 2.34. The van der Waals surface area contributed by atoms with Crippen molar-refractivity contribution in [3.8, 4) is 0 Å². The maximum absolute atomic E-state index is 6.14.